The molecule has 0 fully saturated rings. The highest BCUT2D eigenvalue weighted by Crippen LogP contribution is 2.15. The highest BCUT2D eigenvalue weighted by atomic mass is 14.0. The third-order valence-electron chi connectivity index (χ3n) is 1.81. The first-order valence-electron chi connectivity index (χ1n) is 4.27. The summed E-state index contributed by atoms with van der Waals surface area (Å²) >= 11 is 0. The average Bonchev–Trinajstić information content (AvgIpc) is 2.05. The van der Waals surface area contributed by atoms with Crippen molar-refractivity contribution in [2.75, 3.05) is 0 Å². The van der Waals surface area contributed by atoms with E-state index in [0.29, 0.717) is 0 Å². The van der Waals surface area contributed by atoms with Crippen LogP contribution in [-0.2, 0) is 0 Å². The van der Waals surface area contributed by atoms with E-state index in [1.54, 1.807) is 0 Å². The Morgan fingerprint density at radius 3 is 1.91 bits per heavy atom. The maximum atomic E-state index is 3.79. The predicted octanol–water partition coefficient (Wildman–Crippen LogP) is 3.87. The van der Waals surface area contributed by atoms with Crippen LogP contribution < -0.4 is 0 Å². The van der Waals surface area contributed by atoms with Gasteiger partial charge in [-0.2, -0.15) is 0 Å². The van der Waals surface area contributed by atoms with Gasteiger partial charge >= 0.3 is 0 Å². The number of allylic oxidation sites excluding steroid dienone is 4. The maximum Gasteiger partial charge on any atom is -0.0279 e. The molecule has 0 heteroatoms. The number of rotatable bonds is 5. The van der Waals surface area contributed by atoms with Crippen molar-refractivity contribution in [3.05, 3.63) is 36.5 Å². The molecule has 0 aromatic carbocycles. The average molecular weight is 150 g/mol. The Bertz CT molecular complexity index is 161. The zero-order valence-electron chi connectivity index (χ0n) is 7.69. The van der Waals surface area contributed by atoms with E-state index in [-0.39, 0.29) is 0 Å². The highest BCUT2D eigenvalue weighted by molar-refractivity contribution is 5.30. The number of hydrogen-bond donors (Lipinski definition) is 0. The molecule has 0 nitrogen and oxygen atoms in total. The Kier molecular flexibility index (Phi) is 5.54. The molecule has 0 atom stereocenters. The van der Waals surface area contributed by atoms with E-state index in [0.717, 1.165) is 12.8 Å². The largest absolute Gasteiger partial charge is 0.0988 e. The van der Waals surface area contributed by atoms with E-state index in [4.69, 9.17) is 0 Å². The molecule has 0 saturated carbocycles. The first-order valence-corrected chi connectivity index (χ1v) is 4.27. The van der Waals surface area contributed by atoms with Gasteiger partial charge in [-0.1, -0.05) is 45.6 Å². The van der Waals surface area contributed by atoms with Crippen molar-refractivity contribution in [2.45, 2.75) is 33.1 Å². The molecule has 0 saturated heterocycles. The summed E-state index contributed by atoms with van der Waals surface area (Å²) in [5.41, 5.74) is 2.69. The minimum atomic E-state index is 1.06. The minimum absolute atomic E-state index is 1.06. The van der Waals surface area contributed by atoms with Gasteiger partial charge in [-0.15, -0.1) is 0 Å². The normalized spacial score (nSPS) is 12.2. The molecular formula is C11H18. The van der Waals surface area contributed by atoms with Crippen molar-refractivity contribution in [2.24, 2.45) is 0 Å². The monoisotopic (exact) mass is 150 g/mol. The van der Waals surface area contributed by atoms with Crippen LogP contribution in [0.25, 0.3) is 0 Å². The molecular weight excluding hydrogens is 132 g/mol. The lowest BCUT2D eigenvalue weighted by molar-refractivity contribution is 0.907. The second-order valence-electron chi connectivity index (χ2n) is 2.56. The van der Waals surface area contributed by atoms with Crippen molar-refractivity contribution < 1.29 is 0 Å². The molecule has 62 valence electrons. The Labute approximate surface area is 70.3 Å². The molecule has 0 aliphatic rings. The summed E-state index contributed by atoms with van der Waals surface area (Å²) in [5.74, 6) is 0. The fourth-order valence-electron chi connectivity index (χ4n) is 1.17. The molecule has 11 heavy (non-hydrogen) atoms. The van der Waals surface area contributed by atoms with Gasteiger partial charge in [-0.05, 0) is 24.0 Å². The van der Waals surface area contributed by atoms with E-state index in [1.165, 1.54) is 17.6 Å². The molecule has 0 bridgehead atoms. The predicted molar refractivity (Wildman–Crippen MR) is 52.6 cm³/mol. The summed E-state index contributed by atoms with van der Waals surface area (Å²) in [6.07, 6.45) is 7.25. The van der Waals surface area contributed by atoms with E-state index >= 15 is 0 Å². The van der Waals surface area contributed by atoms with Gasteiger partial charge < -0.3 is 0 Å². The molecule has 0 amide bonds. The van der Waals surface area contributed by atoms with Crippen LogP contribution >= 0.6 is 0 Å². The Morgan fingerprint density at radius 2 is 1.64 bits per heavy atom. The van der Waals surface area contributed by atoms with Crippen LogP contribution in [0.2, 0.25) is 0 Å². The minimum Gasteiger partial charge on any atom is -0.0988 e. The molecule has 0 heterocycles. The van der Waals surface area contributed by atoms with Gasteiger partial charge in [0.2, 0.25) is 0 Å². The summed E-state index contributed by atoms with van der Waals surface area (Å²) in [4.78, 5) is 0. The van der Waals surface area contributed by atoms with Gasteiger partial charge in [0.15, 0.2) is 0 Å². The topological polar surface area (TPSA) is 0 Å². The zero-order valence-corrected chi connectivity index (χ0v) is 7.69. The molecule has 0 aliphatic carbocycles. The second-order valence-corrected chi connectivity index (χ2v) is 2.56. The van der Waals surface area contributed by atoms with Crippen molar-refractivity contribution in [3.8, 4) is 0 Å². The van der Waals surface area contributed by atoms with Crippen LogP contribution in [0, 0.1) is 0 Å². The van der Waals surface area contributed by atoms with Crippen LogP contribution in [0.15, 0.2) is 36.5 Å². The summed E-state index contributed by atoms with van der Waals surface area (Å²) < 4.78 is 0. The van der Waals surface area contributed by atoms with Crippen LogP contribution in [-0.4, -0.2) is 0 Å². The van der Waals surface area contributed by atoms with E-state index in [9.17, 15) is 0 Å². The van der Waals surface area contributed by atoms with Gasteiger partial charge in [0.1, 0.15) is 0 Å². The quantitative estimate of drug-likeness (QED) is 0.522. The Hall–Kier alpha value is -0.780. The summed E-state index contributed by atoms with van der Waals surface area (Å²) in [6.45, 7) is 11.9. The van der Waals surface area contributed by atoms with Crippen LogP contribution in [0.1, 0.15) is 33.1 Å². The maximum absolute atomic E-state index is 3.79. The summed E-state index contributed by atoms with van der Waals surface area (Å²) in [7, 11) is 0. The molecule has 0 unspecified atom stereocenters. The fourth-order valence-corrected chi connectivity index (χ4v) is 1.17. The molecule has 0 radical (unpaired) electrons. The van der Waals surface area contributed by atoms with Crippen molar-refractivity contribution in [1.29, 1.82) is 0 Å². The van der Waals surface area contributed by atoms with Gasteiger partial charge in [0.25, 0.3) is 0 Å². The van der Waals surface area contributed by atoms with E-state index in [1.807, 2.05) is 12.2 Å². The molecule has 0 aliphatic heterocycles. The van der Waals surface area contributed by atoms with Crippen LogP contribution in [0.5, 0.6) is 0 Å². The Balaban J connectivity index is 4.46. The molecule has 0 N–H and O–H groups in total. The van der Waals surface area contributed by atoms with Crippen LogP contribution in [0.3, 0.4) is 0 Å². The summed E-state index contributed by atoms with van der Waals surface area (Å²) in [6, 6.07) is 0. The second kappa shape index (κ2) is 5.96. The molecule has 0 rings (SSSR count). The van der Waals surface area contributed by atoms with Gasteiger partial charge in [-0.25, -0.2) is 0 Å². The third kappa shape index (κ3) is 3.22. The van der Waals surface area contributed by atoms with Crippen molar-refractivity contribution >= 4 is 0 Å². The van der Waals surface area contributed by atoms with Gasteiger partial charge in [0.05, 0.1) is 0 Å². The van der Waals surface area contributed by atoms with Crippen molar-refractivity contribution in [3.63, 3.8) is 0 Å². The SMILES string of the molecule is C=C/C(CC)=C(\C=C)CCC. The van der Waals surface area contributed by atoms with Gasteiger partial charge in [-0.3, -0.25) is 0 Å². The van der Waals surface area contributed by atoms with Gasteiger partial charge in [0, 0.05) is 0 Å². The lowest BCUT2D eigenvalue weighted by atomic mass is 10.0. The standard InChI is InChI=1S/C11H18/c1-5-9-11(8-4)10(6-2)7-3/h6,8H,2,4-5,7,9H2,1,3H3/b11-10-. The number of hydrogen-bond acceptors (Lipinski definition) is 0. The zero-order chi connectivity index (χ0) is 8.69. The fraction of sp³-hybridized carbons (Fsp3) is 0.455. The Morgan fingerprint density at radius 1 is 1.09 bits per heavy atom. The highest BCUT2D eigenvalue weighted by Gasteiger charge is 1.95. The first kappa shape index (κ1) is 10.2. The van der Waals surface area contributed by atoms with E-state index < -0.39 is 0 Å². The van der Waals surface area contributed by atoms with Crippen molar-refractivity contribution in [1.82, 2.24) is 0 Å². The lowest BCUT2D eigenvalue weighted by Gasteiger charge is -2.04. The van der Waals surface area contributed by atoms with E-state index in [2.05, 4.69) is 27.0 Å². The smallest absolute Gasteiger partial charge is 0.0279 e. The molecule has 0 aromatic heterocycles. The summed E-state index contributed by atoms with van der Waals surface area (Å²) in [5, 5.41) is 0. The van der Waals surface area contributed by atoms with Crippen LogP contribution in [0.4, 0.5) is 0 Å². The molecule has 0 spiro atoms. The lowest BCUT2D eigenvalue weighted by Crippen LogP contribution is -1.84. The first-order chi connectivity index (χ1) is 5.29. The molecule has 0 aromatic rings. The third-order valence-corrected chi connectivity index (χ3v) is 1.81.